The van der Waals surface area contributed by atoms with E-state index >= 15 is 0 Å². The molecule has 0 radical (unpaired) electrons. The number of benzene rings is 1. The van der Waals surface area contributed by atoms with Crippen LogP contribution in [0.25, 0.3) is 0 Å². The van der Waals surface area contributed by atoms with Crippen LogP contribution in [0, 0.1) is 0 Å². The van der Waals surface area contributed by atoms with Crippen LogP contribution in [0.3, 0.4) is 0 Å². The second-order valence-electron chi connectivity index (χ2n) is 3.87. The largest absolute Gasteiger partial charge is 0.495 e. The topological polar surface area (TPSA) is 52.3 Å². The molecule has 0 aliphatic carbocycles. The van der Waals surface area contributed by atoms with Crippen molar-refractivity contribution in [2.45, 2.75) is 19.8 Å². The van der Waals surface area contributed by atoms with Crippen molar-refractivity contribution in [3.63, 3.8) is 0 Å². The minimum Gasteiger partial charge on any atom is -0.495 e. The van der Waals surface area contributed by atoms with Crippen LogP contribution in [-0.4, -0.2) is 19.4 Å². The molecule has 16 heavy (non-hydrogen) atoms. The van der Waals surface area contributed by atoms with Crippen molar-refractivity contribution in [1.29, 1.82) is 0 Å². The highest BCUT2D eigenvalue weighted by Gasteiger charge is 2.16. The first-order chi connectivity index (χ1) is 7.51. The van der Waals surface area contributed by atoms with E-state index in [4.69, 9.17) is 10.5 Å². The lowest BCUT2D eigenvalue weighted by atomic mass is 9.98. The number of ketones is 1. The highest BCUT2D eigenvalue weighted by Crippen LogP contribution is 2.33. The van der Waals surface area contributed by atoms with E-state index in [0.717, 1.165) is 10.0 Å². The monoisotopic (exact) mass is 285 g/mol. The zero-order valence-corrected chi connectivity index (χ0v) is 11.3. The van der Waals surface area contributed by atoms with Crippen LogP contribution >= 0.6 is 15.9 Å². The van der Waals surface area contributed by atoms with Gasteiger partial charge in [-0.2, -0.15) is 0 Å². The molecular weight excluding hydrogens is 270 g/mol. The Hall–Kier alpha value is -0.870. The third kappa shape index (κ3) is 2.62. The maximum atomic E-state index is 11.7. The van der Waals surface area contributed by atoms with E-state index in [9.17, 15) is 4.79 Å². The zero-order valence-electron chi connectivity index (χ0n) is 9.71. The predicted octanol–water partition coefficient (Wildman–Crippen LogP) is 2.72. The van der Waals surface area contributed by atoms with Crippen LogP contribution in [0.1, 0.15) is 35.7 Å². The summed E-state index contributed by atoms with van der Waals surface area (Å²) in [5, 5.41) is 0. The van der Waals surface area contributed by atoms with Gasteiger partial charge in [-0.3, -0.25) is 4.79 Å². The number of carbonyl (C=O) groups excluding carboxylic acids is 1. The number of nitrogens with two attached hydrogens (primary N) is 1. The molecule has 4 heteroatoms. The standard InChI is InChI=1S/C12H16BrNO2/c1-7(2)8-4-9(11(15)6-14)12(16-3)10(13)5-8/h4-5,7H,6,14H2,1-3H3. The van der Waals surface area contributed by atoms with E-state index in [-0.39, 0.29) is 12.3 Å². The van der Waals surface area contributed by atoms with Gasteiger partial charge in [0.05, 0.1) is 23.7 Å². The summed E-state index contributed by atoms with van der Waals surface area (Å²) in [6.45, 7) is 4.14. The van der Waals surface area contributed by atoms with Gasteiger partial charge in [0, 0.05) is 0 Å². The average molecular weight is 286 g/mol. The van der Waals surface area contributed by atoms with Crippen molar-refractivity contribution in [2.24, 2.45) is 5.73 Å². The lowest BCUT2D eigenvalue weighted by Gasteiger charge is -2.13. The maximum Gasteiger partial charge on any atom is 0.180 e. The molecule has 0 spiro atoms. The third-order valence-electron chi connectivity index (χ3n) is 2.42. The van der Waals surface area contributed by atoms with Gasteiger partial charge in [0.1, 0.15) is 5.75 Å². The first kappa shape index (κ1) is 13.2. The smallest absolute Gasteiger partial charge is 0.180 e. The van der Waals surface area contributed by atoms with Crippen LogP contribution in [0.2, 0.25) is 0 Å². The first-order valence-electron chi connectivity index (χ1n) is 5.12. The molecule has 2 N–H and O–H groups in total. The molecule has 0 saturated carbocycles. The number of methoxy groups -OCH3 is 1. The van der Waals surface area contributed by atoms with E-state index in [1.807, 2.05) is 12.1 Å². The quantitative estimate of drug-likeness (QED) is 0.866. The van der Waals surface area contributed by atoms with Crippen molar-refractivity contribution < 1.29 is 9.53 Å². The molecule has 3 nitrogen and oxygen atoms in total. The van der Waals surface area contributed by atoms with Crippen molar-refractivity contribution >= 4 is 21.7 Å². The fourth-order valence-corrected chi connectivity index (χ4v) is 2.11. The number of hydrogen-bond acceptors (Lipinski definition) is 3. The summed E-state index contributed by atoms with van der Waals surface area (Å²) in [7, 11) is 1.54. The second-order valence-corrected chi connectivity index (χ2v) is 4.72. The van der Waals surface area contributed by atoms with Gasteiger partial charge in [-0.1, -0.05) is 13.8 Å². The van der Waals surface area contributed by atoms with Crippen LogP contribution in [0.4, 0.5) is 0 Å². The Kier molecular flexibility index (Phi) is 4.50. The summed E-state index contributed by atoms with van der Waals surface area (Å²) in [6.07, 6.45) is 0. The van der Waals surface area contributed by atoms with Crippen LogP contribution in [0.15, 0.2) is 16.6 Å². The Morgan fingerprint density at radius 1 is 1.50 bits per heavy atom. The Balaban J connectivity index is 3.36. The number of hydrogen-bond donors (Lipinski definition) is 1. The fourth-order valence-electron chi connectivity index (χ4n) is 1.47. The van der Waals surface area contributed by atoms with Gasteiger partial charge in [0.2, 0.25) is 0 Å². The van der Waals surface area contributed by atoms with Crippen LogP contribution < -0.4 is 10.5 Å². The highest BCUT2D eigenvalue weighted by molar-refractivity contribution is 9.10. The first-order valence-corrected chi connectivity index (χ1v) is 5.91. The molecule has 0 aliphatic rings. The van der Waals surface area contributed by atoms with Crippen molar-refractivity contribution in [3.05, 3.63) is 27.7 Å². The van der Waals surface area contributed by atoms with E-state index in [1.54, 1.807) is 7.11 Å². The van der Waals surface area contributed by atoms with Gasteiger partial charge < -0.3 is 10.5 Å². The molecule has 0 unspecified atom stereocenters. The van der Waals surface area contributed by atoms with Crippen LogP contribution in [0.5, 0.6) is 5.75 Å². The molecular formula is C12H16BrNO2. The van der Waals surface area contributed by atoms with Gasteiger partial charge in [0.15, 0.2) is 5.78 Å². The van der Waals surface area contributed by atoms with E-state index in [0.29, 0.717) is 17.2 Å². The Morgan fingerprint density at radius 2 is 2.12 bits per heavy atom. The summed E-state index contributed by atoms with van der Waals surface area (Å²) in [4.78, 5) is 11.7. The average Bonchev–Trinajstić information content (AvgIpc) is 2.26. The summed E-state index contributed by atoms with van der Waals surface area (Å²) in [5.74, 6) is 0.798. The molecule has 1 aromatic rings. The molecule has 0 fully saturated rings. The molecule has 0 amide bonds. The number of carbonyl (C=O) groups is 1. The number of Topliss-reactive ketones (excluding diaryl/α,β-unsaturated/α-hetero) is 1. The molecule has 0 atom stereocenters. The maximum absolute atomic E-state index is 11.7. The number of rotatable bonds is 4. The van der Waals surface area contributed by atoms with Crippen molar-refractivity contribution in [1.82, 2.24) is 0 Å². The van der Waals surface area contributed by atoms with E-state index in [1.165, 1.54) is 0 Å². The lowest BCUT2D eigenvalue weighted by Crippen LogP contribution is -2.15. The van der Waals surface area contributed by atoms with Gasteiger partial charge in [0.25, 0.3) is 0 Å². The molecule has 1 aromatic carbocycles. The Morgan fingerprint density at radius 3 is 2.56 bits per heavy atom. The molecule has 0 heterocycles. The third-order valence-corrected chi connectivity index (χ3v) is 3.01. The summed E-state index contributed by atoms with van der Waals surface area (Å²) in [6, 6.07) is 3.82. The summed E-state index contributed by atoms with van der Waals surface area (Å²) < 4.78 is 6.00. The van der Waals surface area contributed by atoms with Gasteiger partial charge >= 0.3 is 0 Å². The van der Waals surface area contributed by atoms with Gasteiger partial charge in [-0.05, 0) is 39.5 Å². The van der Waals surface area contributed by atoms with E-state index in [2.05, 4.69) is 29.8 Å². The van der Waals surface area contributed by atoms with Crippen molar-refractivity contribution in [2.75, 3.05) is 13.7 Å². The molecule has 1 rings (SSSR count). The minimum absolute atomic E-state index is 0.00957. The predicted molar refractivity (Wildman–Crippen MR) is 68.2 cm³/mol. The van der Waals surface area contributed by atoms with Gasteiger partial charge in [-0.25, -0.2) is 0 Å². The summed E-state index contributed by atoms with van der Waals surface area (Å²) in [5.41, 5.74) is 7.02. The molecule has 0 bridgehead atoms. The second kappa shape index (κ2) is 5.46. The fraction of sp³-hybridized carbons (Fsp3) is 0.417. The molecule has 88 valence electrons. The SMILES string of the molecule is COc1c(Br)cc(C(C)C)cc1C(=O)CN. The number of halogens is 1. The van der Waals surface area contributed by atoms with Crippen LogP contribution in [-0.2, 0) is 0 Å². The highest BCUT2D eigenvalue weighted by atomic mass is 79.9. The minimum atomic E-state index is -0.111. The lowest BCUT2D eigenvalue weighted by molar-refractivity contribution is 0.0998. The normalized spacial score (nSPS) is 10.6. The molecule has 0 aromatic heterocycles. The number of ether oxygens (including phenoxy) is 1. The zero-order chi connectivity index (χ0) is 12.3. The van der Waals surface area contributed by atoms with Crippen molar-refractivity contribution in [3.8, 4) is 5.75 Å². The molecule has 0 aliphatic heterocycles. The molecule has 0 saturated heterocycles. The van der Waals surface area contributed by atoms with Gasteiger partial charge in [-0.15, -0.1) is 0 Å². The Labute approximate surface area is 104 Å². The van der Waals surface area contributed by atoms with E-state index < -0.39 is 0 Å². The summed E-state index contributed by atoms with van der Waals surface area (Å²) >= 11 is 3.41. The Bertz CT molecular complexity index is 402.